The number of rotatable bonds is 4. The number of carbonyl (C=O) groups excluding carboxylic acids is 1. The van der Waals surface area contributed by atoms with Crippen LogP contribution in [0.15, 0.2) is 71.4 Å². The third-order valence-electron chi connectivity index (χ3n) is 5.53. The summed E-state index contributed by atoms with van der Waals surface area (Å²) in [5.74, 6) is 1.75. The number of fused-ring (bicyclic) bond motifs is 1. The lowest BCUT2D eigenvalue weighted by molar-refractivity contribution is 0.0931. The highest BCUT2D eigenvalue weighted by atomic mass is 32.1. The smallest absolute Gasteiger partial charge is 0.251 e. The van der Waals surface area contributed by atoms with Crippen LogP contribution in [0.2, 0.25) is 0 Å². The topological polar surface area (TPSA) is 58.1 Å². The van der Waals surface area contributed by atoms with Gasteiger partial charge in [0.25, 0.3) is 5.91 Å². The molecule has 5 nitrogen and oxygen atoms in total. The fourth-order valence-electron chi connectivity index (χ4n) is 3.92. The Morgan fingerprint density at radius 1 is 0.967 bits per heavy atom. The Labute approximate surface area is 179 Å². The van der Waals surface area contributed by atoms with E-state index in [1.54, 1.807) is 11.3 Å². The molecule has 0 radical (unpaired) electrons. The minimum atomic E-state index is 0.00119. The molecule has 0 spiro atoms. The van der Waals surface area contributed by atoms with Gasteiger partial charge < -0.3 is 10.2 Å². The molecular weight excluding hydrogens is 392 g/mol. The summed E-state index contributed by atoms with van der Waals surface area (Å²) in [5, 5.41) is 8.39. The second-order valence-electron chi connectivity index (χ2n) is 7.50. The van der Waals surface area contributed by atoms with E-state index in [1.165, 1.54) is 0 Å². The molecule has 5 rings (SSSR count). The van der Waals surface area contributed by atoms with Crippen LogP contribution in [0.25, 0.3) is 22.3 Å². The molecule has 30 heavy (non-hydrogen) atoms. The lowest BCUT2D eigenvalue weighted by atomic mass is 10.0. The normalized spacial score (nSPS) is 14.7. The van der Waals surface area contributed by atoms with Crippen LogP contribution in [0.4, 0.5) is 5.82 Å². The minimum Gasteiger partial charge on any atom is -0.356 e. The molecule has 0 atom stereocenters. The Morgan fingerprint density at radius 2 is 1.73 bits per heavy atom. The van der Waals surface area contributed by atoms with Gasteiger partial charge in [-0.1, -0.05) is 30.3 Å². The molecule has 4 aromatic rings. The molecule has 1 N–H and O–H groups in total. The summed E-state index contributed by atoms with van der Waals surface area (Å²) in [6.07, 6.45) is 1.79. The summed E-state index contributed by atoms with van der Waals surface area (Å²) in [4.78, 5) is 24.5. The van der Waals surface area contributed by atoms with Crippen molar-refractivity contribution in [2.75, 3.05) is 18.0 Å². The van der Waals surface area contributed by atoms with Crippen LogP contribution < -0.4 is 10.2 Å². The molecule has 1 fully saturated rings. The maximum Gasteiger partial charge on any atom is 0.251 e. The van der Waals surface area contributed by atoms with E-state index in [-0.39, 0.29) is 11.9 Å². The van der Waals surface area contributed by atoms with Gasteiger partial charge >= 0.3 is 0 Å². The maximum absolute atomic E-state index is 12.5. The summed E-state index contributed by atoms with van der Waals surface area (Å²) >= 11 is 1.65. The van der Waals surface area contributed by atoms with Gasteiger partial charge in [0.2, 0.25) is 0 Å². The van der Waals surface area contributed by atoms with Crippen molar-refractivity contribution in [3.8, 4) is 11.4 Å². The van der Waals surface area contributed by atoms with Gasteiger partial charge in [-0.05, 0) is 48.6 Å². The Bertz CT molecular complexity index is 1150. The van der Waals surface area contributed by atoms with Gasteiger partial charge in [-0.3, -0.25) is 4.79 Å². The van der Waals surface area contributed by atoms with E-state index in [0.29, 0.717) is 5.56 Å². The van der Waals surface area contributed by atoms with Crippen molar-refractivity contribution in [3.05, 3.63) is 77.0 Å². The van der Waals surface area contributed by atoms with Gasteiger partial charge in [0.1, 0.15) is 5.82 Å². The number of hydrogen-bond acceptors (Lipinski definition) is 5. The van der Waals surface area contributed by atoms with E-state index in [9.17, 15) is 4.79 Å². The number of nitrogens with zero attached hydrogens (tertiary/aromatic N) is 3. The van der Waals surface area contributed by atoms with E-state index in [0.717, 1.165) is 54.0 Å². The van der Waals surface area contributed by atoms with Gasteiger partial charge in [-0.25, -0.2) is 9.97 Å². The van der Waals surface area contributed by atoms with Crippen molar-refractivity contribution in [1.82, 2.24) is 15.3 Å². The molecule has 0 saturated carbocycles. The van der Waals surface area contributed by atoms with Gasteiger partial charge in [-0.15, -0.1) is 0 Å². The summed E-state index contributed by atoms with van der Waals surface area (Å²) in [7, 11) is 0. The number of hydrogen-bond donors (Lipinski definition) is 1. The number of carbonyl (C=O) groups is 1. The largest absolute Gasteiger partial charge is 0.356 e. The number of anilines is 1. The van der Waals surface area contributed by atoms with Crippen molar-refractivity contribution >= 4 is 34.0 Å². The summed E-state index contributed by atoms with van der Waals surface area (Å²) in [5.41, 5.74) is 2.72. The number of benzene rings is 2. The number of amides is 1. The highest BCUT2D eigenvalue weighted by Crippen LogP contribution is 2.30. The van der Waals surface area contributed by atoms with Crippen LogP contribution in [0, 0.1) is 0 Å². The fourth-order valence-corrected chi connectivity index (χ4v) is 4.55. The molecule has 1 aliphatic rings. The zero-order valence-corrected chi connectivity index (χ0v) is 17.3. The van der Waals surface area contributed by atoms with Crippen LogP contribution in [-0.4, -0.2) is 35.0 Å². The van der Waals surface area contributed by atoms with E-state index in [4.69, 9.17) is 9.97 Å². The molecule has 1 amide bonds. The van der Waals surface area contributed by atoms with Gasteiger partial charge in [0, 0.05) is 41.0 Å². The van der Waals surface area contributed by atoms with E-state index >= 15 is 0 Å². The summed E-state index contributed by atoms with van der Waals surface area (Å²) < 4.78 is 0. The Hall–Kier alpha value is -3.25. The first-order valence-electron chi connectivity index (χ1n) is 10.2. The molecule has 0 unspecified atom stereocenters. The van der Waals surface area contributed by atoms with E-state index in [2.05, 4.69) is 33.1 Å². The van der Waals surface area contributed by atoms with Gasteiger partial charge in [-0.2, -0.15) is 11.3 Å². The second kappa shape index (κ2) is 8.24. The third kappa shape index (κ3) is 3.78. The molecule has 1 saturated heterocycles. The Balaban J connectivity index is 1.35. The van der Waals surface area contributed by atoms with E-state index in [1.807, 2.05) is 48.5 Å². The molecular formula is C24H22N4OS. The lowest BCUT2D eigenvalue weighted by Crippen LogP contribution is -2.45. The lowest BCUT2D eigenvalue weighted by Gasteiger charge is -2.33. The summed E-state index contributed by atoms with van der Waals surface area (Å²) in [6.45, 7) is 1.70. The van der Waals surface area contributed by atoms with Crippen LogP contribution in [0.3, 0.4) is 0 Å². The van der Waals surface area contributed by atoms with Crippen molar-refractivity contribution < 1.29 is 4.79 Å². The van der Waals surface area contributed by atoms with Crippen molar-refractivity contribution in [1.29, 1.82) is 0 Å². The zero-order valence-electron chi connectivity index (χ0n) is 16.5. The first-order chi connectivity index (χ1) is 14.8. The highest BCUT2D eigenvalue weighted by Gasteiger charge is 2.24. The monoisotopic (exact) mass is 414 g/mol. The molecule has 0 bridgehead atoms. The van der Waals surface area contributed by atoms with E-state index < -0.39 is 0 Å². The quantitative estimate of drug-likeness (QED) is 0.523. The molecule has 2 aromatic carbocycles. The Morgan fingerprint density at radius 3 is 2.50 bits per heavy atom. The summed E-state index contributed by atoms with van der Waals surface area (Å²) in [6, 6.07) is 19.8. The number of thiophene rings is 1. The first kappa shape index (κ1) is 18.8. The molecule has 3 heterocycles. The maximum atomic E-state index is 12.5. The van der Waals surface area contributed by atoms with Crippen molar-refractivity contribution in [3.63, 3.8) is 0 Å². The minimum absolute atomic E-state index is 0.00119. The molecule has 0 aliphatic carbocycles. The van der Waals surface area contributed by atoms with Crippen molar-refractivity contribution in [2.45, 2.75) is 18.9 Å². The van der Waals surface area contributed by atoms with Crippen LogP contribution in [0.1, 0.15) is 23.2 Å². The van der Waals surface area contributed by atoms with Gasteiger partial charge in [0.05, 0.1) is 5.52 Å². The number of aromatic nitrogens is 2. The first-order valence-corrected chi connectivity index (χ1v) is 11.1. The second-order valence-corrected chi connectivity index (χ2v) is 8.28. The zero-order chi connectivity index (χ0) is 20.3. The average Bonchev–Trinajstić information content (AvgIpc) is 3.35. The highest BCUT2D eigenvalue weighted by molar-refractivity contribution is 7.08. The Kier molecular flexibility index (Phi) is 5.15. The van der Waals surface area contributed by atoms with Crippen LogP contribution >= 0.6 is 11.3 Å². The van der Waals surface area contributed by atoms with Crippen LogP contribution in [0.5, 0.6) is 0 Å². The molecule has 1 aliphatic heterocycles. The van der Waals surface area contributed by atoms with Crippen molar-refractivity contribution in [2.24, 2.45) is 0 Å². The fraction of sp³-hybridized carbons (Fsp3) is 0.208. The number of piperidine rings is 1. The predicted molar refractivity (Wildman–Crippen MR) is 122 cm³/mol. The third-order valence-corrected chi connectivity index (χ3v) is 6.21. The van der Waals surface area contributed by atoms with Crippen LogP contribution in [-0.2, 0) is 0 Å². The standard InChI is InChI=1S/C24H22N4OS/c29-24(17-6-2-1-3-7-17)25-19-10-13-28(14-11-19)23-20-8-4-5-9-21(20)26-22(27-23)18-12-15-30-16-18/h1-9,12,15-16,19H,10-11,13-14H2,(H,25,29). The molecule has 150 valence electrons. The average molecular weight is 415 g/mol. The van der Waals surface area contributed by atoms with Gasteiger partial charge in [0.15, 0.2) is 5.82 Å². The predicted octanol–water partition coefficient (Wildman–Crippen LogP) is 4.76. The number of nitrogens with one attached hydrogen (secondary N) is 1. The molecule has 6 heteroatoms. The molecule has 2 aromatic heterocycles. The SMILES string of the molecule is O=C(NC1CCN(c2nc(-c3ccsc3)nc3ccccc23)CC1)c1ccccc1. The number of para-hydroxylation sites is 1.